The minimum absolute atomic E-state index is 0.175. The van der Waals surface area contributed by atoms with Gasteiger partial charge in [0.15, 0.2) is 0 Å². The van der Waals surface area contributed by atoms with E-state index in [1.807, 2.05) is 0 Å². The number of amides is 1. The summed E-state index contributed by atoms with van der Waals surface area (Å²) in [6.45, 7) is 13.0. The second-order valence-corrected chi connectivity index (χ2v) is 15.0. The van der Waals surface area contributed by atoms with Crippen LogP contribution < -0.4 is 21.7 Å². The summed E-state index contributed by atoms with van der Waals surface area (Å²) in [6, 6.07) is 0. The van der Waals surface area contributed by atoms with E-state index in [2.05, 4.69) is 36.7 Å². The first-order valence-corrected chi connectivity index (χ1v) is 17.4. The second kappa shape index (κ2) is 15.3. The molecule has 41 heavy (non-hydrogen) atoms. The van der Waals surface area contributed by atoms with Gasteiger partial charge in [0.1, 0.15) is 0 Å². The fraction of sp³-hybridized carbons (Fsp3) is 0.971. The summed E-state index contributed by atoms with van der Waals surface area (Å²) in [7, 11) is 0. The molecule has 238 valence electrons. The van der Waals surface area contributed by atoms with Crippen molar-refractivity contribution in [3.8, 4) is 0 Å². The van der Waals surface area contributed by atoms with Crippen LogP contribution in [-0.4, -0.2) is 67.6 Å². The third kappa shape index (κ3) is 7.87. The Kier molecular flexibility index (Phi) is 12.4. The Morgan fingerprint density at radius 1 is 0.854 bits per heavy atom. The molecule has 7 nitrogen and oxygen atoms in total. The molecular formula is C34H64N4O3. The Labute approximate surface area is 250 Å². The fourth-order valence-electron chi connectivity index (χ4n) is 10.2. The van der Waals surface area contributed by atoms with Crippen molar-refractivity contribution < 1.29 is 15.0 Å². The van der Waals surface area contributed by atoms with E-state index in [9.17, 15) is 15.0 Å². The van der Waals surface area contributed by atoms with E-state index in [4.69, 9.17) is 5.73 Å². The number of carbonyl (C=O) groups excluding carboxylic acids is 1. The molecule has 7 N–H and O–H groups in total. The van der Waals surface area contributed by atoms with Crippen molar-refractivity contribution in [3.63, 3.8) is 0 Å². The molecule has 4 aliphatic carbocycles. The first kappa shape index (κ1) is 33.2. The van der Waals surface area contributed by atoms with Gasteiger partial charge in [-0.05, 0) is 163 Å². The molecule has 0 bridgehead atoms. The Morgan fingerprint density at radius 2 is 1.51 bits per heavy atom. The number of nitrogens with one attached hydrogen (secondary N) is 3. The van der Waals surface area contributed by atoms with Crippen molar-refractivity contribution in [2.45, 2.75) is 123 Å². The van der Waals surface area contributed by atoms with Gasteiger partial charge in [0.25, 0.3) is 0 Å². The molecule has 0 aromatic heterocycles. The molecule has 4 rings (SSSR count). The van der Waals surface area contributed by atoms with Gasteiger partial charge in [-0.2, -0.15) is 0 Å². The molecule has 0 radical (unpaired) electrons. The van der Waals surface area contributed by atoms with Crippen molar-refractivity contribution in [3.05, 3.63) is 0 Å². The molecule has 0 aliphatic heterocycles. The van der Waals surface area contributed by atoms with Crippen LogP contribution in [0.2, 0.25) is 0 Å². The highest BCUT2D eigenvalue weighted by atomic mass is 16.3. The van der Waals surface area contributed by atoms with Crippen molar-refractivity contribution in [2.24, 2.45) is 52.1 Å². The van der Waals surface area contributed by atoms with Crippen LogP contribution in [0.4, 0.5) is 0 Å². The molecule has 0 aromatic carbocycles. The van der Waals surface area contributed by atoms with E-state index in [-0.39, 0.29) is 28.9 Å². The number of carbonyl (C=O) groups is 1. The van der Waals surface area contributed by atoms with Crippen LogP contribution in [0.1, 0.15) is 111 Å². The summed E-state index contributed by atoms with van der Waals surface area (Å²) in [5, 5.41) is 31.9. The van der Waals surface area contributed by atoms with Gasteiger partial charge in [0.05, 0.1) is 12.2 Å². The lowest BCUT2D eigenvalue weighted by atomic mass is 9.43. The molecule has 0 saturated heterocycles. The summed E-state index contributed by atoms with van der Waals surface area (Å²) in [5.74, 6) is 3.46. The normalized spacial score (nSPS) is 39.0. The Bertz CT molecular complexity index is 813. The molecule has 0 heterocycles. The zero-order valence-electron chi connectivity index (χ0n) is 26.6. The van der Waals surface area contributed by atoms with Crippen LogP contribution in [0.5, 0.6) is 0 Å². The van der Waals surface area contributed by atoms with E-state index in [0.29, 0.717) is 41.9 Å². The van der Waals surface area contributed by atoms with Gasteiger partial charge in [0.2, 0.25) is 5.91 Å². The van der Waals surface area contributed by atoms with Gasteiger partial charge in [-0.25, -0.2) is 0 Å². The summed E-state index contributed by atoms with van der Waals surface area (Å²) < 4.78 is 0. The second-order valence-electron chi connectivity index (χ2n) is 15.0. The van der Waals surface area contributed by atoms with Crippen molar-refractivity contribution >= 4 is 5.91 Å². The van der Waals surface area contributed by atoms with Gasteiger partial charge in [-0.1, -0.05) is 20.8 Å². The SMILES string of the molecule is CC(CCC(=O)NCCCNCCCCNCCCN)[C@H]1CCC2C3C(O)C[C@@H]4C[C@H](O)CC[C@]4(C)C3CC[C@@]21C. The van der Waals surface area contributed by atoms with Crippen molar-refractivity contribution in [1.29, 1.82) is 0 Å². The smallest absolute Gasteiger partial charge is 0.220 e. The average Bonchev–Trinajstić information content (AvgIpc) is 3.30. The van der Waals surface area contributed by atoms with Crippen LogP contribution in [0.15, 0.2) is 0 Å². The van der Waals surface area contributed by atoms with E-state index < -0.39 is 0 Å². The maximum Gasteiger partial charge on any atom is 0.220 e. The zero-order valence-corrected chi connectivity index (χ0v) is 26.6. The molecule has 4 fully saturated rings. The Morgan fingerprint density at radius 3 is 2.24 bits per heavy atom. The third-order valence-corrected chi connectivity index (χ3v) is 12.6. The highest BCUT2D eigenvalue weighted by Gasteiger charge is 2.62. The number of hydrogen-bond acceptors (Lipinski definition) is 6. The van der Waals surface area contributed by atoms with Crippen molar-refractivity contribution in [2.75, 3.05) is 39.3 Å². The number of aliphatic hydroxyl groups is 2. The number of hydrogen-bond donors (Lipinski definition) is 6. The monoisotopic (exact) mass is 576 g/mol. The van der Waals surface area contributed by atoms with E-state index in [0.717, 1.165) is 84.2 Å². The maximum absolute atomic E-state index is 12.6. The number of nitrogens with two attached hydrogens (primary N) is 1. The van der Waals surface area contributed by atoms with Crippen LogP contribution in [0, 0.1) is 46.3 Å². The van der Waals surface area contributed by atoms with E-state index >= 15 is 0 Å². The summed E-state index contributed by atoms with van der Waals surface area (Å²) in [5.41, 5.74) is 6.07. The first-order valence-electron chi connectivity index (χ1n) is 17.4. The van der Waals surface area contributed by atoms with Crippen LogP contribution in [-0.2, 0) is 4.79 Å². The molecule has 10 atom stereocenters. The topological polar surface area (TPSA) is 120 Å². The fourth-order valence-corrected chi connectivity index (χ4v) is 10.2. The van der Waals surface area contributed by atoms with Crippen LogP contribution in [0.25, 0.3) is 0 Å². The zero-order chi connectivity index (χ0) is 29.5. The number of rotatable bonds is 16. The Balaban J connectivity index is 1.14. The van der Waals surface area contributed by atoms with Gasteiger partial charge in [-0.3, -0.25) is 4.79 Å². The predicted octanol–water partition coefficient (Wildman–Crippen LogP) is 4.21. The number of fused-ring (bicyclic) bond motifs is 5. The van der Waals surface area contributed by atoms with Crippen molar-refractivity contribution in [1.82, 2.24) is 16.0 Å². The highest BCUT2D eigenvalue weighted by Crippen LogP contribution is 2.68. The van der Waals surface area contributed by atoms with Gasteiger partial charge >= 0.3 is 0 Å². The molecule has 0 aromatic rings. The highest BCUT2D eigenvalue weighted by molar-refractivity contribution is 5.75. The summed E-state index contributed by atoms with van der Waals surface area (Å²) in [4.78, 5) is 12.6. The quantitative estimate of drug-likeness (QED) is 0.153. The third-order valence-electron chi connectivity index (χ3n) is 12.6. The predicted molar refractivity (Wildman–Crippen MR) is 167 cm³/mol. The Hall–Kier alpha value is -0.730. The summed E-state index contributed by atoms with van der Waals surface area (Å²) >= 11 is 0. The largest absolute Gasteiger partial charge is 0.393 e. The van der Waals surface area contributed by atoms with E-state index in [1.54, 1.807) is 0 Å². The van der Waals surface area contributed by atoms with Gasteiger partial charge < -0.3 is 31.9 Å². The number of unbranched alkanes of at least 4 members (excludes halogenated alkanes) is 1. The minimum atomic E-state index is -0.217. The number of aliphatic hydroxyl groups excluding tert-OH is 2. The maximum atomic E-state index is 12.6. The molecule has 4 aliphatic rings. The molecular weight excluding hydrogens is 512 g/mol. The molecule has 7 heteroatoms. The summed E-state index contributed by atoms with van der Waals surface area (Å²) in [6.07, 6.45) is 14.3. The average molecular weight is 577 g/mol. The lowest BCUT2D eigenvalue weighted by Gasteiger charge is -2.62. The lowest BCUT2D eigenvalue weighted by Crippen LogP contribution is -2.58. The molecule has 0 spiro atoms. The molecule has 5 unspecified atom stereocenters. The van der Waals surface area contributed by atoms with Gasteiger partial charge in [0, 0.05) is 13.0 Å². The molecule has 4 saturated carbocycles. The first-order chi connectivity index (χ1) is 19.7. The van der Waals surface area contributed by atoms with Gasteiger partial charge in [-0.15, -0.1) is 0 Å². The van der Waals surface area contributed by atoms with Crippen LogP contribution in [0.3, 0.4) is 0 Å². The standard InChI is InChI=1S/C34H64N4O3/c1-24(8-11-31(41)38-21-7-20-37-18-5-4-17-36-19-6-16-35)27-9-10-28-32-29(13-15-34(27,28)3)33(2)14-12-26(39)22-25(33)23-30(32)40/h24-30,32,36-37,39-40H,4-23,35H2,1-3H3,(H,38,41)/t24?,25-,26+,27+,28?,29?,30?,32?,33-,34+/m0/s1. The van der Waals surface area contributed by atoms with Crippen LogP contribution >= 0.6 is 0 Å². The lowest BCUT2D eigenvalue weighted by molar-refractivity contribution is -0.174. The van der Waals surface area contributed by atoms with E-state index in [1.165, 1.54) is 38.5 Å². The minimum Gasteiger partial charge on any atom is -0.393 e. The molecule has 1 amide bonds.